The lowest BCUT2D eigenvalue weighted by atomic mass is 9.68. The number of nitrogens with zero attached hydrogens (tertiary/aromatic N) is 2. The molecule has 2 aliphatic rings. The van der Waals surface area contributed by atoms with Crippen molar-refractivity contribution in [3.05, 3.63) is 48.4 Å². The van der Waals surface area contributed by atoms with Gasteiger partial charge in [-0.2, -0.15) is 0 Å². The number of nitrogens with one attached hydrogen (secondary N) is 1. The maximum absolute atomic E-state index is 14.6. The van der Waals surface area contributed by atoms with E-state index in [1.165, 1.54) is 6.92 Å². The van der Waals surface area contributed by atoms with Crippen LogP contribution in [0, 0.1) is 17.8 Å². The van der Waals surface area contributed by atoms with Gasteiger partial charge in [0, 0.05) is 47.8 Å². The minimum atomic E-state index is -3.75. The molecular formula is C22H25F2N3O3S. The maximum atomic E-state index is 14.6. The van der Waals surface area contributed by atoms with Crippen LogP contribution in [-0.4, -0.2) is 42.7 Å². The summed E-state index contributed by atoms with van der Waals surface area (Å²) in [6.07, 6.45) is 6.07. The molecule has 2 fully saturated rings. The van der Waals surface area contributed by atoms with Gasteiger partial charge in [0.1, 0.15) is 0 Å². The summed E-state index contributed by atoms with van der Waals surface area (Å²) in [6, 6.07) is 6.93. The average molecular weight is 450 g/mol. The molecule has 1 saturated heterocycles. The molecule has 0 bridgehead atoms. The van der Waals surface area contributed by atoms with Gasteiger partial charge in [0.05, 0.1) is 18.1 Å². The van der Waals surface area contributed by atoms with E-state index in [4.69, 9.17) is 4.74 Å². The zero-order valence-corrected chi connectivity index (χ0v) is 18.3. The summed E-state index contributed by atoms with van der Waals surface area (Å²) in [5.74, 6) is -4.53. The normalized spacial score (nSPS) is 31.5. The van der Waals surface area contributed by atoms with Gasteiger partial charge in [-0.05, 0) is 37.1 Å². The second kappa shape index (κ2) is 7.94. The van der Waals surface area contributed by atoms with Crippen LogP contribution in [-0.2, 0) is 10.0 Å². The fourth-order valence-corrected chi connectivity index (χ4v) is 6.91. The number of rotatable bonds is 4. The van der Waals surface area contributed by atoms with Gasteiger partial charge in [-0.1, -0.05) is 19.1 Å². The number of pyridine rings is 2. The largest absolute Gasteiger partial charge is 0.481 e. The smallest absolute Gasteiger partial charge is 0.252 e. The third-order valence-corrected chi connectivity index (χ3v) is 8.45. The highest BCUT2D eigenvalue weighted by Gasteiger charge is 2.60. The summed E-state index contributed by atoms with van der Waals surface area (Å²) in [6.45, 7) is 3.24. The van der Waals surface area contributed by atoms with E-state index in [0.717, 1.165) is 11.1 Å². The highest BCUT2D eigenvalue weighted by Crippen LogP contribution is 2.50. The number of hydrogen-bond acceptors (Lipinski definition) is 5. The van der Waals surface area contributed by atoms with Gasteiger partial charge in [-0.3, -0.25) is 4.98 Å². The molecule has 6 nitrogen and oxygen atoms in total. The monoisotopic (exact) mass is 449 g/mol. The Morgan fingerprint density at radius 1 is 1.23 bits per heavy atom. The minimum absolute atomic E-state index is 0.392. The summed E-state index contributed by atoms with van der Waals surface area (Å²) in [7, 11) is -2.20. The van der Waals surface area contributed by atoms with Crippen LogP contribution < -0.4 is 9.46 Å². The van der Waals surface area contributed by atoms with Crippen molar-refractivity contribution in [1.82, 2.24) is 14.7 Å². The van der Waals surface area contributed by atoms with E-state index in [1.807, 2.05) is 12.1 Å². The third kappa shape index (κ3) is 3.96. The number of allylic oxidation sites excluding steroid dienone is 1. The van der Waals surface area contributed by atoms with Crippen molar-refractivity contribution in [2.75, 3.05) is 7.11 Å². The second-order valence-corrected chi connectivity index (χ2v) is 10.2. The van der Waals surface area contributed by atoms with Crippen LogP contribution in [0.4, 0.5) is 8.78 Å². The van der Waals surface area contributed by atoms with Crippen molar-refractivity contribution in [2.45, 2.75) is 37.5 Å². The molecule has 1 aliphatic heterocycles. The summed E-state index contributed by atoms with van der Waals surface area (Å²) in [5, 5.41) is -1.09. The molecule has 0 aromatic carbocycles. The standard InChI is InChI=1S/C22H25F2N3O3S/c1-13-17(20-14(2)27-31(28,29)19(20)11-22(13,23)24)9-8-16-7-6-15(12-26-16)18-5-4-10-25-21(18)30-3/h4-10,12-14,17,19-20,27H,11H2,1-3H3/b9-8+/t13-,14+,17-,19+,20-/m0/s1. The molecule has 2 aromatic rings. The van der Waals surface area contributed by atoms with E-state index >= 15 is 0 Å². The van der Waals surface area contributed by atoms with E-state index in [2.05, 4.69) is 14.7 Å². The molecule has 2 aromatic heterocycles. The molecule has 4 rings (SSSR count). The van der Waals surface area contributed by atoms with E-state index in [1.54, 1.807) is 50.7 Å². The molecular weight excluding hydrogens is 424 g/mol. The number of methoxy groups -OCH3 is 1. The Kier molecular flexibility index (Phi) is 5.59. The Balaban J connectivity index is 1.61. The van der Waals surface area contributed by atoms with Gasteiger partial charge in [0.15, 0.2) is 0 Å². The van der Waals surface area contributed by atoms with E-state index in [9.17, 15) is 17.2 Å². The van der Waals surface area contributed by atoms with Crippen molar-refractivity contribution < 1.29 is 21.9 Å². The van der Waals surface area contributed by atoms with Gasteiger partial charge in [0.2, 0.25) is 15.9 Å². The zero-order chi connectivity index (χ0) is 22.4. The first-order chi connectivity index (χ1) is 14.6. The highest BCUT2D eigenvalue weighted by molar-refractivity contribution is 7.90. The first-order valence-electron chi connectivity index (χ1n) is 10.2. The fourth-order valence-electron chi connectivity index (χ4n) is 4.79. The van der Waals surface area contributed by atoms with Gasteiger partial charge < -0.3 is 4.74 Å². The maximum Gasteiger partial charge on any atom is 0.252 e. The number of aromatic nitrogens is 2. The first kappa shape index (κ1) is 21.8. The van der Waals surface area contributed by atoms with E-state index in [-0.39, 0.29) is 0 Å². The summed E-state index contributed by atoms with van der Waals surface area (Å²) < 4.78 is 61.8. The molecule has 0 amide bonds. The van der Waals surface area contributed by atoms with Crippen LogP contribution in [0.5, 0.6) is 5.88 Å². The van der Waals surface area contributed by atoms with E-state index in [0.29, 0.717) is 11.6 Å². The zero-order valence-electron chi connectivity index (χ0n) is 17.5. The van der Waals surface area contributed by atoms with Gasteiger partial charge in [0.25, 0.3) is 5.92 Å². The number of ether oxygens (including phenoxy) is 1. The molecule has 31 heavy (non-hydrogen) atoms. The Bertz CT molecular complexity index is 1090. The third-order valence-electron chi connectivity index (χ3n) is 6.47. The van der Waals surface area contributed by atoms with Crippen molar-refractivity contribution in [2.24, 2.45) is 17.8 Å². The van der Waals surface area contributed by atoms with Crippen molar-refractivity contribution >= 4 is 16.1 Å². The first-order valence-corrected chi connectivity index (χ1v) is 11.7. The minimum Gasteiger partial charge on any atom is -0.481 e. The van der Waals surface area contributed by atoms with Crippen molar-refractivity contribution in [1.29, 1.82) is 0 Å². The molecule has 1 aliphatic carbocycles. The number of hydrogen-bond donors (Lipinski definition) is 1. The average Bonchev–Trinajstić information content (AvgIpc) is 2.96. The van der Waals surface area contributed by atoms with Crippen LogP contribution in [0.1, 0.15) is 26.0 Å². The molecule has 0 radical (unpaired) electrons. The molecule has 166 valence electrons. The molecule has 9 heteroatoms. The lowest BCUT2D eigenvalue weighted by molar-refractivity contribution is -0.107. The SMILES string of the molecule is COc1ncccc1-c1ccc(/C=C/[C@@H]2[C@H]3[C@@H](CC(F)(F)[C@H]2C)S(=O)(=O)N[C@@H]3C)nc1. The quantitative estimate of drug-likeness (QED) is 0.769. The van der Waals surface area contributed by atoms with Gasteiger partial charge in [-0.25, -0.2) is 26.9 Å². The molecule has 5 atom stereocenters. The summed E-state index contributed by atoms with van der Waals surface area (Å²) in [4.78, 5) is 8.59. The highest BCUT2D eigenvalue weighted by atomic mass is 32.2. The van der Waals surface area contributed by atoms with Gasteiger partial charge >= 0.3 is 0 Å². The summed E-state index contributed by atoms with van der Waals surface area (Å²) >= 11 is 0. The number of fused-ring (bicyclic) bond motifs is 1. The van der Waals surface area contributed by atoms with Crippen LogP contribution in [0.2, 0.25) is 0 Å². The Morgan fingerprint density at radius 2 is 2.00 bits per heavy atom. The van der Waals surface area contributed by atoms with Crippen LogP contribution in [0.3, 0.4) is 0 Å². The number of alkyl halides is 2. The predicted molar refractivity (Wildman–Crippen MR) is 114 cm³/mol. The molecule has 3 heterocycles. The lowest BCUT2D eigenvalue weighted by Crippen LogP contribution is -2.49. The topological polar surface area (TPSA) is 81.2 Å². The second-order valence-electron chi connectivity index (χ2n) is 8.29. The molecule has 0 unspecified atom stereocenters. The van der Waals surface area contributed by atoms with E-state index < -0.39 is 51.4 Å². The fraction of sp³-hybridized carbons (Fsp3) is 0.455. The van der Waals surface area contributed by atoms with Crippen molar-refractivity contribution in [3.8, 4) is 17.0 Å². The Hall–Kier alpha value is -2.39. The van der Waals surface area contributed by atoms with Crippen LogP contribution in [0.25, 0.3) is 17.2 Å². The number of halogens is 2. The molecule has 0 spiro atoms. The van der Waals surface area contributed by atoms with Gasteiger partial charge in [-0.15, -0.1) is 0 Å². The summed E-state index contributed by atoms with van der Waals surface area (Å²) in [5.41, 5.74) is 2.22. The molecule has 1 N–H and O–H groups in total. The Morgan fingerprint density at radius 3 is 2.68 bits per heavy atom. The lowest BCUT2D eigenvalue weighted by Gasteiger charge is -2.42. The van der Waals surface area contributed by atoms with Crippen LogP contribution in [0.15, 0.2) is 42.7 Å². The molecule has 1 saturated carbocycles. The number of sulfonamides is 1. The van der Waals surface area contributed by atoms with Crippen LogP contribution >= 0.6 is 0 Å². The Labute approximate surface area is 180 Å². The predicted octanol–water partition coefficient (Wildman–Crippen LogP) is 3.76. The van der Waals surface area contributed by atoms with Crippen molar-refractivity contribution in [3.63, 3.8) is 0 Å².